The molecule has 1 atom stereocenters. The van der Waals surface area contributed by atoms with Gasteiger partial charge in [-0.25, -0.2) is 5.01 Å². The standard InChI is InChI=1S/C19H20N2O2/c1-3-23-19-13(2)21-17(22)10-11-20(21)18(19)16-9-8-14-6-4-5-7-15(14)12-16/h4-9,12,18H,3,10-11H2,1-2H3/t18-/m1/s1. The summed E-state index contributed by atoms with van der Waals surface area (Å²) in [5, 5.41) is 6.36. The molecule has 0 unspecified atom stereocenters. The molecule has 0 bridgehead atoms. The third-order valence-corrected chi connectivity index (χ3v) is 4.66. The van der Waals surface area contributed by atoms with Crippen molar-refractivity contribution in [2.45, 2.75) is 26.3 Å². The topological polar surface area (TPSA) is 32.8 Å². The van der Waals surface area contributed by atoms with Crippen LogP contribution in [-0.4, -0.2) is 29.1 Å². The molecular weight excluding hydrogens is 288 g/mol. The SMILES string of the molecule is CCOC1=C(C)N2C(=O)CCN2[C@@H]1c1ccc2ccccc2c1. The zero-order valence-corrected chi connectivity index (χ0v) is 13.5. The molecule has 0 aromatic heterocycles. The number of fused-ring (bicyclic) bond motifs is 2. The van der Waals surface area contributed by atoms with Crippen LogP contribution in [0.2, 0.25) is 0 Å². The molecule has 2 aromatic rings. The maximum Gasteiger partial charge on any atom is 0.242 e. The Labute approximate surface area is 135 Å². The zero-order valence-electron chi connectivity index (χ0n) is 13.5. The van der Waals surface area contributed by atoms with Crippen molar-refractivity contribution >= 4 is 16.7 Å². The van der Waals surface area contributed by atoms with Crippen LogP contribution in [0.25, 0.3) is 10.8 Å². The van der Waals surface area contributed by atoms with Gasteiger partial charge in [-0.2, -0.15) is 5.01 Å². The average molecular weight is 308 g/mol. The van der Waals surface area contributed by atoms with Crippen LogP contribution < -0.4 is 0 Å². The second kappa shape index (κ2) is 5.39. The van der Waals surface area contributed by atoms with Crippen LogP contribution in [-0.2, 0) is 9.53 Å². The number of amides is 1. The van der Waals surface area contributed by atoms with E-state index in [1.165, 1.54) is 16.3 Å². The molecule has 0 aliphatic carbocycles. The van der Waals surface area contributed by atoms with Crippen molar-refractivity contribution in [1.29, 1.82) is 0 Å². The quantitative estimate of drug-likeness (QED) is 0.868. The Bertz CT molecular complexity index is 812. The molecule has 2 aromatic carbocycles. The van der Waals surface area contributed by atoms with Crippen molar-refractivity contribution in [2.24, 2.45) is 0 Å². The minimum absolute atomic E-state index is 0.00833. The number of carbonyl (C=O) groups is 1. The molecule has 4 nitrogen and oxygen atoms in total. The molecule has 0 radical (unpaired) electrons. The van der Waals surface area contributed by atoms with E-state index in [1.54, 1.807) is 5.01 Å². The van der Waals surface area contributed by atoms with Gasteiger partial charge in [0.05, 0.1) is 12.3 Å². The molecule has 0 spiro atoms. The second-order valence-corrected chi connectivity index (χ2v) is 6.01. The van der Waals surface area contributed by atoms with Gasteiger partial charge in [0.1, 0.15) is 11.8 Å². The van der Waals surface area contributed by atoms with Crippen LogP contribution >= 0.6 is 0 Å². The van der Waals surface area contributed by atoms with Crippen molar-refractivity contribution in [3.8, 4) is 0 Å². The number of hydrogen-bond donors (Lipinski definition) is 0. The molecule has 2 aliphatic rings. The number of allylic oxidation sites excluding steroid dienone is 1. The van der Waals surface area contributed by atoms with E-state index in [0.29, 0.717) is 13.0 Å². The Morgan fingerprint density at radius 1 is 1.17 bits per heavy atom. The lowest BCUT2D eigenvalue weighted by molar-refractivity contribution is -0.133. The molecule has 2 aliphatic heterocycles. The van der Waals surface area contributed by atoms with Crippen molar-refractivity contribution < 1.29 is 9.53 Å². The molecule has 1 amide bonds. The molecule has 1 fully saturated rings. The number of benzene rings is 2. The molecular formula is C19H20N2O2. The number of hydrazine groups is 1. The van der Waals surface area contributed by atoms with E-state index in [1.807, 2.05) is 19.9 Å². The second-order valence-electron chi connectivity index (χ2n) is 6.01. The summed E-state index contributed by atoms with van der Waals surface area (Å²) in [6.07, 6.45) is 0.570. The van der Waals surface area contributed by atoms with E-state index >= 15 is 0 Å². The van der Waals surface area contributed by atoms with E-state index in [2.05, 4.69) is 41.4 Å². The van der Waals surface area contributed by atoms with Gasteiger partial charge in [-0.1, -0.05) is 36.4 Å². The van der Waals surface area contributed by atoms with Crippen molar-refractivity contribution in [1.82, 2.24) is 10.0 Å². The highest BCUT2D eigenvalue weighted by atomic mass is 16.5. The number of rotatable bonds is 3. The summed E-state index contributed by atoms with van der Waals surface area (Å²) in [4.78, 5) is 12.2. The molecule has 23 heavy (non-hydrogen) atoms. The minimum atomic E-state index is -0.00833. The van der Waals surface area contributed by atoms with E-state index in [4.69, 9.17) is 4.74 Å². The van der Waals surface area contributed by atoms with Gasteiger partial charge in [-0.15, -0.1) is 0 Å². The lowest BCUT2D eigenvalue weighted by atomic mass is 10.00. The van der Waals surface area contributed by atoms with Crippen molar-refractivity contribution in [2.75, 3.05) is 13.2 Å². The first-order chi connectivity index (χ1) is 11.2. The fourth-order valence-corrected chi connectivity index (χ4v) is 3.66. The van der Waals surface area contributed by atoms with Gasteiger partial charge < -0.3 is 4.74 Å². The Morgan fingerprint density at radius 3 is 2.74 bits per heavy atom. The Balaban J connectivity index is 1.82. The number of hydrogen-bond acceptors (Lipinski definition) is 3. The lowest BCUT2D eigenvalue weighted by Crippen LogP contribution is -2.34. The molecule has 0 N–H and O–H groups in total. The molecule has 2 heterocycles. The summed E-state index contributed by atoms with van der Waals surface area (Å²) >= 11 is 0. The van der Waals surface area contributed by atoms with Crippen LogP contribution in [0.5, 0.6) is 0 Å². The first-order valence-corrected chi connectivity index (χ1v) is 8.12. The van der Waals surface area contributed by atoms with Gasteiger partial charge in [0.15, 0.2) is 0 Å². The van der Waals surface area contributed by atoms with Crippen LogP contribution in [0.3, 0.4) is 0 Å². The van der Waals surface area contributed by atoms with Gasteiger partial charge in [-0.05, 0) is 36.2 Å². The summed E-state index contributed by atoms with van der Waals surface area (Å²) in [5.74, 6) is 1.05. The van der Waals surface area contributed by atoms with Gasteiger partial charge in [0, 0.05) is 13.0 Å². The molecule has 1 saturated heterocycles. The zero-order chi connectivity index (χ0) is 16.0. The molecule has 4 rings (SSSR count). The number of ether oxygens (including phenoxy) is 1. The van der Waals surface area contributed by atoms with E-state index in [0.717, 1.165) is 18.0 Å². The Kier molecular flexibility index (Phi) is 3.34. The van der Waals surface area contributed by atoms with E-state index < -0.39 is 0 Å². The highest BCUT2D eigenvalue weighted by Crippen LogP contribution is 2.43. The normalized spacial score (nSPS) is 21.4. The van der Waals surface area contributed by atoms with Crippen LogP contribution in [0.4, 0.5) is 0 Å². The summed E-state index contributed by atoms with van der Waals surface area (Å²) in [7, 11) is 0. The highest BCUT2D eigenvalue weighted by molar-refractivity contribution is 5.84. The fraction of sp³-hybridized carbons (Fsp3) is 0.316. The van der Waals surface area contributed by atoms with Crippen molar-refractivity contribution in [3.63, 3.8) is 0 Å². The van der Waals surface area contributed by atoms with Crippen LogP contribution in [0.1, 0.15) is 31.9 Å². The summed E-state index contributed by atoms with van der Waals surface area (Å²) in [5.41, 5.74) is 2.09. The predicted octanol–water partition coefficient (Wildman–Crippen LogP) is 3.61. The smallest absolute Gasteiger partial charge is 0.242 e. The van der Waals surface area contributed by atoms with Gasteiger partial charge in [-0.3, -0.25) is 4.79 Å². The number of carbonyl (C=O) groups excluding carboxylic acids is 1. The third-order valence-electron chi connectivity index (χ3n) is 4.66. The average Bonchev–Trinajstić information content (AvgIpc) is 3.07. The van der Waals surface area contributed by atoms with E-state index in [9.17, 15) is 4.79 Å². The highest BCUT2D eigenvalue weighted by Gasteiger charge is 2.45. The maximum absolute atomic E-state index is 12.2. The van der Waals surface area contributed by atoms with Crippen molar-refractivity contribution in [3.05, 3.63) is 59.5 Å². The summed E-state index contributed by atoms with van der Waals surface area (Å²) < 4.78 is 5.92. The van der Waals surface area contributed by atoms with Gasteiger partial charge >= 0.3 is 0 Å². The van der Waals surface area contributed by atoms with Gasteiger partial charge in [0.25, 0.3) is 0 Å². The summed E-state index contributed by atoms with van der Waals surface area (Å²) in [6, 6.07) is 14.8. The predicted molar refractivity (Wildman–Crippen MR) is 89.2 cm³/mol. The third kappa shape index (κ3) is 2.13. The monoisotopic (exact) mass is 308 g/mol. The van der Waals surface area contributed by atoms with Crippen LogP contribution in [0.15, 0.2) is 53.9 Å². The number of nitrogens with zero attached hydrogens (tertiary/aromatic N) is 2. The molecule has 4 heteroatoms. The first-order valence-electron chi connectivity index (χ1n) is 8.12. The minimum Gasteiger partial charge on any atom is -0.494 e. The lowest BCUT2D eigenvalue weighted by Gasteiger charge is -2.27. The Morgan fingerprint density at radius 2 is 1.96 bits per heavy atom. The first kappa shape index (κ1) is 14.3. The van der Waals surface area contributed by atoms with Gasteiger partial charge in [0.2, 0.25) is 5.91 Å². The summed E-state index contributed by atoms with van der Waals surface area (Å²) in [6.45, 7) is 5.30. The maximum atomic E-state index is 12.2. The molecule has 118 valence electrons. The van der Waals surface area contributed by atoms with Crippen LogP contribution in [0, 0.1) is 0 Å². The van der Waals surface area contributed by atoms with E-state index in [-0.39, 0.29) is 11.9 Å². The fourth-order valence-electron chi connectivity index (χ4n) is 3.66. The largest absolute Gasteiger partial charge is 0.494 e. The molecule has 0 saturated carbocycles. The Hall–Kier alpha value is -2.33.